The van der Waals surface area contributed by atoms with Crippen molar-refractivity contribution in [1.29, 1.82) is 0 Å². The summed E-state index contributed by atoms with van der Waals surface area (Å²) in [6.07, 6.45) is 2.00. The molecule has 0 bridgehead atoms. The Kier molecular flexibility index (Phi) is 7.79. The summed E-state index contributed by atoms with van der Waals surface area (Å²) in [5.41, 5.74) is 6.50. The summed E-state index contributed by atoms with van der Waals surface area (Å²) in [6.45, 7) is 2.06. The van der Waals surface area contributed by atoms with Crippen molar-refractivity contribution in [1.82, 2.24) is 0 Å². The zero-order valence-corrected chi connectivity index (χ0v) is 12.2. The molecule has 0 saturated carbocycles. The van der Waals surface area contributed by atoms with Crippen molar-refractivity contribution in [3.63, 3.8) is 0 Å². The molecule has 4 N–H and O–H groups in total. The van der Waals surface area contributed by atoms with E-state index in [1.54, 1.807) is 18.2 Å². The normalized spacial score (nSPS) is 13.9. The summed E-state index contributed by atoms with van der Waals surface area (Å²) in [4.78, 5) is 0. The lowest BCUT2D eigenvalue weighted by molar-refractivity contribution is 0.131. The number of aliphatic hydroxyl groups excluding tert-OH is 1. The van der Waals surface area contributed by atoms with Gasteiger partial charge >= 0.3 is 0 Å². The number of benzene rings is 1. The minimum atomic E-state index is -0.611. The fourth-order valence-corrected chi connectivity index (χ4v) is 1.98. The molecule has 1 aromatic carbocycles. The Labute approximate surface area is 117 Å². The molecule has 17 heavy (non-hydrogen) atoms. The molecule has 1 rings (SSSR count). The molecule has 0 saturated heterocycles. The number of hydrogen-bond acceptors (Lipinski definition) is 3. The van der Waals surface area contributed by atoms with Gasteiger partial charge in [-0.05, 0) is 28.4 Å². The monoisotopic (exact) mass is 323 g/mol. The van der Waals surface area contributed by atoms with E-state index in [0.717, 1.165) is 12.8 Å². The average molecular weight is 325 g/mol. The summed E-state index contributed by atoms with van der Waals surface area (Å²) in [5, 5.41) is 19.7. The van der Waals surface area contributed by atoms with Crippen molar-refractivity contribution in [2.24, 2.45) is 5.73 Å². The Morgan fingerprint density at radius 3 is 2.65 bits per heavy atom. The summed E-state index contributed by atoms with van der Waals surface area (Å²) in [6, 6.07) is 4.74. The van der Waals surface area contributed by atoms with Crippen LogP contribution in [0.1, 0.15) is 37.8 Å². The number of phenols is 1. The van der Waals surface area contributed by atoms with Crippen molar-refractivity contribution in [3.05, 3.63) is 28.2 Å². The molecule has 0 aliphatic carbocycles. The lowest BCUT2D eigenvalue weighted by Crippen LogP contribution is -2.26. The third kappa shape index (κ3) is 4.47. The van der Waals surface area contributed by atoms with Crippen molar-refractivity contribution in [2.75, 3.05) is 0 Å². The Hall–Kier alpha value is -0.290. The number of aliphatic hydroxyl groups is 1. The molecule has 0 fully saturated rings. The third-order valence-electron chi connectivity index (χ3n) is 2.65. The highest BCUT2D eigenvalue weighted by Crippen LogP contribution is 2.32. The second-order valence-corrected chi connectivity index (χ2v) is 4.77. The molecule has 0 heterocycles. The van der Waals surface area contributed by atoms with Crippen LogP contribution in [-0.4, -0.2) is 16.3 Å². The van der Waals surface area contributed by atoms with E-state index in [2.05, 4.69) is 22.9 Å². The van der Waals surface area contributed by atoms with Crippen LogP contribution in [0.4, 0.5) is 0 Å². The van der Waals surface area contributed by atoms with E-state index in [0.29, 0.717) is 16.5 Å². The number of unbranched alkanes of at least 4 members (excludes halogenated alkanes) is 1. The minimum absolute atomic E-state index is 0. The van der Waals surface area contributed by atoms with Crippen LogP contribution in [0.5, 0.6) is 5.75 Å². The lowest BCUT2D eigenvalue weighted by atomic mass is 9.98. The number of hydrogen-bond donors (Lipinski definition) is 3. The Morgan fingerprint density at radius 1 is 1.41 bits per heavy atom. The molecular weight excluding hydrogens is 305 g/mol. The van der Waals surface area contributed by atoms with Crippen molar-refractivity contribution in [3.8, 4) is 5.75 Å². The fourth-order valence-electron chi connectivity index (χ4n) is 1.60. The molecule has 1 aromatic rings. The Morgan fingerprint density at radius 2 is 2.06 bits per heavy atom. The SMILES string of the molecule is CCCC[C@@H](O)[C@@H](N)c1cccc(Br)c1O.Cl. The van der Waals surface area contributed by atoms with E-state index in [-0.39, 0.29) is 18.2 Å². The highest BCUT2D eigenvalue weighted by Gasteiger charge is 2.20. The standard InChI is InChI=1S/C12H18BrNO2.ClH/c1-2-3-7-10(15)11(14)8-5-4-6-9(13)12(8)16;/h4-6,10-11,15-16H,2-3,7,14H2,1H3;1H/t10-,11+;/m1./s1. The molecular formula is C12H19BrClNO2. The van der Waals surface area contributed by atoms with Crippen LogP contribution in [0.3, 0.4) is 0 Å². The first-order chi connectivity index (χ1) is 7.57. The van der Waals surface area contributed by atoms with Crippen molar-refractivity contribution < 1.29 is 10.2 Å². The maximum Gasteiger partial charge on any atom is 0.134 e. The number of phenolic OH excluding ortho intramolecular Hbond substituents is 1. The molecule has 0 aromatic heterocycles. The third-order valence-corrected chi connectivity index (χ3v) is 3.28. The first-order valence-electron chi connectivity index (χ1n) is 5.49. The Bertz CT molecular complexity index is 349. The van der Waals surface area contributed by atoms with Crippen LogP contribution in [0, 0.1) is 0 Å². The van der Waals surface area contributed by atoms with E-state index in [1.807, 2.05) is 0 Å². The largest absolute Gasteiger partial charge is 0.506 e. The van der Waals surface area contributed by atoms with E-state index in [1.165, 1.54) is 0 Å². The fraction of sp³-hybridized carbons (Fsp3) is 0.500. The van der Waals surface area contributed by atoms with Crippen LogP contribution in [0.15, 0.2) is 22.7 Å². The van der Waals surface area contributed by atoms with Gasteiger partial charge in [0.15, 0.2) is 0 Å². The number of para-hydroxylation sites is 1. The lowest BCUT2D eigenvalue weighted by Gasteiger charge is -2.20. The van der Waals surface area contributed by atoms with Crippen LogP contribution >= 0.6 is 28.3 Å². The van der Waals surface area contributed by atoms with Crippen LogP contribution in [0.25, 0.3) is 0 Å². The molecule has 0 aliphatic rings. The molecule has 3 nitrogen and oxygen atoms in total. The van der Waals surface area contributed by atoms with Gasteiger partial charge in [0.25, 0.3) is 0 Å². The van der Waals surface area contributed by atoms with Gasteiger partial charge in [-0.1, -0.05) is 31.9 Å². The quantitative estimate of drug-likeness (QED) is 0.779. The second kappa shape index (κ2) is 7.93. The number of aromatic hydroxyl groups is 1. The molecule has 2 atom stereocenters. The molecule has 0 unspecified atom stereocenters. The second-order valence-electron chi connectivity index (χ2n) is 3.91. The summed E-state index contributed by atoms with van der Waals surface area (Å²) in [5.74, 6) is 0.116. The predicted molar refractivity (Wildman–Crippen MR) is 75.5 cm³/mol. The predicted octanol–water partition coefficient (Wildman–Crippen LogP) is 3.13. The van der Waals surface area contributed by atoms with Crippen LogP contribution in [0.2, 0.25) is 0 Å². The topological polar surface area (TPSA) is 66.5 Å². The summed E-state index contributed by atoms with van der Waals surface area (Å²) < 4.78 is 0.600. The van der Waals surface area contributed by atoms with Gasteiger partial charge in [0.05, 0.1) is 16.6 Å². The zero-order chi connectivity index (χ0) is 12.1. The van der Waals surface area contributed by atoms with Crippen molar-refractivity contribution >= 4 is 28.3 Å². The molecule has 0 spiro atoms. The highest BCUT2D eigenvalue weighted by atomic mass is 79.9. The summed E-state index contributed by atoms with van der Waals surface area (Å²) in [7, 11) is 0. The number of nitrogens with two attached hydrogens (primary N) is 1. The van der Waals surface area contributed by atoms with Gasteiger partial charge in [-0.3, -0.25) is 0 Å². The first-order valence-corrected chi connectivity index (χ1v) is 6.28. The van der Waals surface area contributed by atoms with E-state index in [4.69, 9.17) is 5.73 Å². The first kappa shape index (κ1) is 16.7. The van der Waals surface area contributed by atoms with Gasteiger partial charge in [-0.2, -0.15) is 0 Å². The average Bonchev–Trinajstić information content (AvgIpc) is 2.28. The van der Waals surface area contributed by atoms with Gasteiger partial charge in [-0.25, -0.2) is 0 Å². The van der Waals surface area contributed by atoms with Gasteiger partial charge in [-0.15, -0.1) is 12.4 Å². The smallest absolute Gasteiger partial charge is 0.134 e. The van der Waals surface area contributed by atoms with Gasteiger partial charge in [0.1, 0.15) is 5.75 Å². The van der Waals surface area contributed by atoms with Gasteiger partial charge in [0, 0.05) is 5.56 Å². The zero-order valence-electron chi connectivity index (χ0n) is 9.77. The van der Waals surface area contributed by atoms with E-state index >= 15 is 0 Å². The number of rotatable bonds is 5. The number of halogens is 2. The van der Waals surface area contributed by atoms with Crippen LogP contribution < -0.4 is 5.73 Å². The molecule has 0 aliphatic heterocycles. The maximum atomic E-state index is 9.87. The summed E-state index contributed by atoms with van der Waals surface area (Å²) >= 11 is 3.23. The Balaban J connectivity index is 0.00000256. The van der Waals surface area contributed by atoms with Gasteiger partial charge in [0.2, 0.25) is 0 Å². The van der Waals surface area contributed by atoms with Crippen molar-refractivity contribution in [2.45, 2.75) is 38.3 Å². The van der Waals surface area contributed by atoms with Gasteiger partial charge < -0.3 is 15.9 Å². The maximum absolute atomic E-state index is 9.87. The molecule has 5 heteroatoms. The van der Waals surface area contributed by atoms with E-state index < -0.39 is 12.1 Å². The molecule has 0 radical (unpaired) electrons. The minimum Gasteiger partial charge on any atom is -0.506 e. The van der Waals surface area contributed by atoms with E-state index in [9.17, 15) is 10.2 Å². The molecule has 98 valence electrons. The molecule has 0 amide bonds. The highest BCUT2D eigenvalue weighted by molar-refractivity contribution is 9.10. The van der Waals surface area contributed by atoms with Crippen LogP contribution in [-0.2, 0) is 0 Å².